The summed E-state index contributed by atoms with van der Waals surface area (Å²) in [5, 5.41) is 0. The summed E-state index contributed by atoms with van der Waals surface area (Å²) in [6.45, 7) is 0. The van der Waals surface area contributed by atoms with Crippen LogP contribution in [-0.4, -0.2) is 11.9 Å². The van der Waals surface area contributed by atoms with Gasteiger partial charge in [-0.3, -0.25) is 4.99 Å². The Labute approximate surface area is 95.7 Å². The number of nitrogens with two attached hydrogens (primary N) is 1. The van der Waals surface area contributed by atoms with E-state index in [1.54, 1.807) is 12.1 Å². The van der Waals surface area contributed by atoms with Gasteiger partial charge < -0.3 is 5.43 Å². The number of nitrogens with one attached hydrogen (secondary N) is 1. The van der Waals surface area contributed by atoms with Crippen LogP contribution in [0, 0.1) is 5.82 Å². The number of rotatable bonds is 2. The first kappa shape index (κ1) is 10.6. The van der Waals surface area contributed by atoms with Crippen LogP contribution in [0.4, 0.5) is 4.39 Å². The molecule has 5 heteroatoms. The first-order valence-electron chi connectivity index (χ1n) is 4.70. The van der Waals surface area contributed by atoms with Crippen molar-refractivity contribution in [3.63, 3.8) is 0 Å². The minimum absolute atomic E-state index is 0.300. The third kappa shape index (κ3) is 2.54. The molecule has 0 radical (unpaired) electrons. The number of hydrogen-bond acceptors (Lipinski definition) is 2. The van der Waals surface area contributed by atoms with E-state index in [0.717, 1.165) is 17.3 Å². The van der Waals surface area contributed by atoms with E-state index in [9.17, 15) is 4.39 Å². The molecule has 0 unspecified atom stereocenters. The highest BCUT2D eigenvalue weighted by Gasteiger charge is 2.22. The zero-order valence-electron chi connectivity index (χ0n) is 8.00. The first-order valence-corrected chi connectivity index (χ1v) is 5.50. The van der Waals surface area contributed by atoms with Gasteiger partial charge in [0, 0.05) is 4.47 Å². The molecule has 3 N–H and O–H groups in total. The van der Waals surface area contributed by atoms with Gasteiger partial charge in [-0.15, -0.1) is 0 Å². The van der Waals surface area contributed by atoms with Crippen LogP contribution in [0.2, 0.25) is 0 Å². The number of aliphatic imine (C=N–C) groups is 1. The molecule has 1 aromatic rings. The Morgan fingerprint density at radius 3 is 2.87 bits per heavy atom. The van der Waals surface area contributed by atoms with Gasteiger partial charge in [0.2, 0.25) is 0 Å². The molecule has 80 valence electrons. The van der Waals surface area contributed by atoms with Crippen LogP contribution >= 0.6 is 15.9 Å². The molecule has 3 nitrogen and oxygen atoms in total. The van der Waals surface area contributed by atoms with Gasteiger partial charge in [0.15, 0.2) is 0 Å². The van der Waals surface area contributed by atoms with E-state index in [1.165, 1.54) is 6.07 Å². The lowest BCUT2D eigenvalue weighted by molar-refractivity contribution is 0.623. The minimum Gasteiger partial charge on any atom is -0.308 e. The van der Waals surface area contributed by atoms with Crippen molar-refractivity contribution in [3.05, 3.63) is 34.1 Å². The summed E-state index contributed by atoms with van der Waals surface area (Å²) in [6.07, 6.45) is 2.11. The standard InChI is InChI=1S/C10H11BrFN3/c11-6-1-4-9(12)8(5-6)10(15-13)14-7-2-3-7/h1,4-5,7H,2-3,13H2,(H,14,15). The number of halogens is 2. The molecular formula is C10H11BrFN3. The summed E-state index contributed by atoms with van der Waals surface area (Å²) in [5.74, 6) is 5.43. The topological polar surface area (TPSA) is 50.4 Å². The maximum atomic E-state index is 13.5. The van der Waals surface area contributed by atoms with Crippen LogP contribution in [-0.2, 0) is 0 Å². The van der Waals surface area contributed by atoms with Crippen molar-refractivity contribution in [2.45, 2.75) is 18.9 Å². The average molecular weight is 272 g/mol. The van der Waals surface area contributed by atoms with Gasteiger partial charge in [-0.1, -0.05) is 15.9 Å². The van der Waals surface area contributed by atoms with Crippen LogP contribution in [0.5, 0.6) is 0 Å². The fourth-order valence-corrected chi connectivity index (χ4v) is 1.61. The lowest BCUT2D eigenvalue weighted by atomic mass is 10.2. The van der Waals surface area contributed by atoms with Crippen LogP contribution in [0.3, 0.4) is 0 Å². The van der Waals surface area contributed by atoms with Gasteiger partial charge >= 0.3 is 0 Å². The number of amidine groups is 1. The van der Waals surface area contributed by atoms with Crippen molar-refractivity contribution in [1.82, 2.24) is 5.43 Å². The van der Waals surface area contributed by atoms with E-state index < -0.39 is 0 Å². The third-order valence-corrected chi connectivity index (χ3v) is 2.67. The Kier molecular flexibility index (Phi) is 3.02. The quantitative estimate of drug-likeness (QED) is 0.374. The predicted octanol–water partition coefficient (Wildman–Crippen LogP) is 1.96. The molecule has 0 aliphatic heterocycles. The zero-order chi connectivity index (χ0) is 10.8. The SMILES string of the molecule is NNC(=NC1CC1)c1cc(Br)ccc1F. The second-order valence-electron chi connectivity index (χ2n) is 3.48. The molecule has 0 atom stereocenters. The number of benzene rings is 1. The lowest BCUT2D eigenvalue weighted by Gasteiger charge is -2.07. The zero-order valence-corrected chi connectivity index (χ0v) is 9.59. The smallest absolute Gasteiger partial charge is 0.145 e. The summed E-state index contributed by atoms with van der Waals surface area (Å²) in [7, 11) is 0. The van der Waals surface area contributed by atoms with E-state index in [4.69, 9.17) is 5.84 Å². The maximum absolute atomic E-state index is 13.5. The van der Waals surface area contributed by atoms with Crippen molar-refractivity contribution in [2.75, 3.05) is 0 Å². The van der Waals surface area contributed by atoms with Crippen molar-refractivity contribution < 1.29 is 4.39 Å². The van der Waals surface area contributed by atoms with Gasteiger partial charge in [0.25, 0.3) is 0 Å². The molecular weight excluding hydrogens is 261 g/mol. The van der Waals surface area contributed by atoms with E-state index in [2.05, 4.69) is 26.3 Å². The fourth-order valence-electron chi connectivity index (χ4n) is 1.25. The van der Waals surface area contributed by atoms with Gasteiger partial charge in [-0.2, -0.15) is 0 Å². The lowest BCUT2D eigenvalue weighted by Crippen LogP contribution is -2.32. The van der Waals surface area contributed by atoms with Gasteiger partial charge in [0.1, 0.15) is 11.7 Å². The van der Waals surface area contributed by atoms with Gasteiger partial charge in [0.05, 0.1) is 11.6 Å². The normalized spacial score (nSPS) is 16.6. The van der Waals surface area contributed by atoms with Crippen molar-refractivity contribution in [3.8, 4) is 0 Å². The average Bonchev–Trinajstić information content (AvgIpc) is 3.02. The highest BCUT2D eigenvalue weighted by atomic mass is 79.9. The summed E-state index contributed by atoms with van der Waals surface area (Å²) in [6, 6.07) is 4.99. The Bertz CT molecular complexity index is 402. The number of hydrazine groups is 1. The third-order valence-electron chi connectivity index (χ3n) is 2.18. The predicted molar refractivity (Wildman–Crippen MR) is 61.0 cm³/mol. The van der Waals surface area contributed by atoms with Gasteiger partial charge in [-0.05, 0) is 31.0 Å². The second kappa shape index (κ2) is 4.28. The van der Waals surface area contributed by atoms with E-state index in [1.807, 2.05) is 0 Å². The molecule has 0 spiro atoms. The maximum Gasteiger partial charge on any atom is 0.145 e. The van der Waals surface area contributed by atoms with Crippen molar-refractivity contribution >= 4 is 21.8 Å². The second-order valence-corrected chi connectivity index (χ2v) is 4.39. The number of hydrogen-bond donors (Lipinski definition) is 2. The molecule has 2 rings (SSSR count). The monoisotopic (exact) mass is 271 g/mol. The summed E-state index contributed by atoms with van der Waals surface area (Å²) < 4.78 is 14.3. The van der Waals surface area contributed by atoms with E-state index in [-0.39, 0.29) is 5.82 Å². The van der Waals surface area contributed by atoms with Crippen molar-refractivity contribution in [1.29, 1.82) is 0 Å². The molecule has 1 aliphatic carbocycles. The molecule has 0 heterocycles. The largest absolute Gasteiger partial charge is 0.308 e. The highest BCUT2D eigenvalue weighted by Crippen LogP contribution is 2.25. The summed E-state index contributed by atoms with van der Waals surface area (Å²) >= 11 is 3.29. The molecule has 0 bridgehead atoms. The minimum atomic E-state index is -0.324. The Morgan fingerprint density at radius 2 is 2.27 bits per heavy atom. The van der Waals surface area contributed by atoms with Crippen LogP contribution < -0.4 is 11.3 Å². The summed E-state index contributed by atoms with van der Waals surface area (Å²) in [5.41, 5.74) is 2.85. The van der Waals surface area contributed by atoms with Crippen LogP contribution in [0.25, 0.3) is 0 Å². The number of nitrogens with zero attached hydrogens (tertiary/aromatic N) is 1. The fraction of sp³-hybridized carbons (Fsp3) is 0.300. The Balaban J connectivity index is 2.36. The van der Waals surface area contributed by atoms with Crippen molar-refractivity contribution in [2.24, 2.45) is 10.8 Å². The molecule has 0 amide bonds. The highest BCUT2D eigenvalue weighted by molar-refractivity contribution is 9.10. The molecule has 1 fully saturated rings. The van der Waals surface area contributed by atoms with Gasteiger partial charge in [-0.25, -0.2) is 10.2 Å². The molecule has 0 aromatic heterocycles. The molecule has 1 aliphatic rings. The Morgan fingerprint density at radius 1 is 1.53 bits per heavy atom. The van der Waals surface area contributed by atoms with E-state index in [0.29, 0.717) is 17.4 Å². The van der Waals surface area contributed by atoms with Crippen LogP contribution in [0.15, 0.2) is 27.7 Å². The molecule has 0 saturated heterocycles. The molecule has 1 aromatic carbocycles. The first-order chi connectivity index (χ1) is 7.20. The Hall–Kier alpha value is -0.940. The summed E-state index contributed by atoms with van der Waals surface area (Å²) in [4.78, 5) is 4.30. The van der Waals surface area contributed by atoms with Crippen LogP contribution in [0.1, 0.15) is 18.4 Å². The molecule has 15 heavy (non-hydrogen) atoms. The van der Waals surface area contributed by atoms with E-state index >= 15 is 0 Å². The molecule has 1 saturated carbocycles.